The van der Waals surface area contributed by atoms with Crippen LogP contribution >= 0.6 is 0 Å². The first-order valence-electron chi connectivity index (χ1n) is 9.68. The van der Waals surface area contributed by atoms with Gasteiger partial charge in [0.2, 0.25) is 0 Å². The number of ether oxygens (including phenoxy) is 1. The molecule has 0 unspecified atom stereocenters. The van der Waals surface area contributed by atoms with Crippen molar-refractivity contribution in [2.45, 2.75) is 58.9 Å². The van der Waals surface area contributed by atoms with Crippen LogP contribution in [0.3, 0.4) is 0 Å². The molecule has 1 aliphatic carbocycles. The summed E-state index contributed by atoms with van der Waals surface area (Å²) >= 11 is 0. The highest BCUT2D eigenvalue weighted by atomic mass is 16.5. The Hall–Kier alpha value is -2.29. The van der Waals surface area contributed by atoms with Crippen molar-refractivity contribution >= 4 is 5.91 Å². The number of carbonyl (C=O) groups excluding carboxylic acids is 1. The van der Waals surface area contributed by atoms with Crippen LogP contribution in [-0.2, 0) is 17.6 Å². The minimum Gasteiger partial charge on any atom is -0.484 e. The fraction of sp³-hybridized carbons (Fsp3) is 0.435. The molecule has 3 nitrogen and oxygen atoms in total. The van der Waals surface area contributed by atoms with E-state index in [-0.39, 0.29) is 18.6 Å². The normalized spacial score (nSPS) is 14.4. The van der Waals surface area contributed by atoms with Gasteiger partial charge in [0.05, 0.1) is 6.04 Å². The Morgan fingerprint density at radius 1 is 1.08 bits per heavy atom. The Morgan fingerprint density at radius 3 is 2.58 bits per heavy atom. The number of rotatable bonds is 6. The molecule has 0 aromatic heterocycles. The van der Waals surface area contributed by atoms with Gasteiger partial charge in [0, 0.05) is 0 Å². The molecule has 0 fully saturated rings. The predicted octanol–water partition coefficient (Wildman–Crippen LogP) is 4.83. The first-order chi connectivity index (χ1) is 12.6. The van der Waals surface area contributed by atoms with Gasteiger partial charge in [-0.2, -0.15) is 0 Å². The van der Waals surface area contributed by atoms with Crippen molar-refractivity contribution in [3.05, 3.63) is 64.2 Å². The van der Waals surface area contributed by atoms with Gasteiger partial charge < -0.3 is 10.1 Å². The van der Waals surface area contributed by atoms with E-state index in [0.29, 0.717) is 0 Å². The van der Waals surface area contributed by atoms with E-state index in [4.69, 9.17) is 4.74 Å². The van der Waals surface area contributed by atoms with E-state index < -0.39 is 0 Å². The molecule has 1 amide bonds. The van der Waals surface area contributed by atoms with Crippen molar-refractivity contribution in [3.63, 3.8) is 0 Å². The Balaban J connectivity index is 1.61. The maximum Gasteiger partial charge on any atom is 0.258 e. The smallest absolute Gasteiger partial charge is 0.258 e. The molecule has 0 heterocycles. The number of carbonyl (C=O) groups is 1. The summed E-state index contributed by atoms with van der Waals surface area (Å²) in [5.74, 6) is 0.696. The first kappa shape index (κ1) is 18.5. The monoisotopic (exact) mass is 351 g/mol. The second kappa shape index (κ2) is 8.39. The molecule has 3 heteroatoms. The third-order valence-electron chi connectivity index (χ3n) is 5.21. The third-order valence-corrected chi connectivity index (χ3v) is 5.21. The minimum atomic E-state index is -0.0745. The van der Waals surface area contributed by atoms with Crippen LogP contribution in [0, 0.1) is 13.8 Å². The number of aryl methyl sites for hydroxylation is 4. The van der Waals surface area contributed by atoms with Crippen LogP contribution in [-0.4, -0.2) is 12.5 Å². The first-order valence-corrected chi connectivity index (χ1v) is 9.68. The molecular weight excluding hydrogens is 322 g/mol. The zero-order valence-electron chi connectivity index (χ0n) is 16.1. The SMILES string of the molecule is CC[C@H](NC(=O)COc1ccc(C)cc1C)c1ccc2c(c1)CCCC2. The Morgan fingerprint density at radius 2 is 1.85 bits per heavy atom. The lowest BCUT2D eigenvalue weighted by molar-refractivity contribution is -0.123. The average Bonchev–Trinajstić information content (AvgIpc) is 2.65. The van der Waals surface area contributed by atoms with Gasteiger partial charge in [0.15, 0.2) is 6.61 Å². The fourth-order valence-corrected chi connectivity index (χ4v) is 3.73. The zero-order chi connectivity index (χ0) is 18.5. The summed E-state index contributed by atoms with van der Waals surface area (Å²) in [6, 6.07) is 12.7. The molecule has 2 aromatic carbocycles. The molecule has 2 aromatic rings. The van der Waals surface area contributed by atoms with E-state index in [1.165, 1.54) is 41.5 Å². The van der Waals surface area contributed by atoms with Crippen molar-refractivity contribution < 1.29 is 9.53 Å². The number of amides is 1. The zero-order valence-corrected chi connectivity index (χ0v) is 16.1. The predicted molar refractivity (Wildman–Crippen MR) is 106 cm³/mol. The lowest BCUT2D eigenvalue weighted by Gasteiger charge is -2.22. The molecule has 0 radical (unpaired) electrons. The number of fused-ring (bicyclic) bond motifs is 1. The molecule has 3 rings (SSSR count). The van der Waals surface area contributed by atoms with Gasteiger partial charge in [-0.15, -0.1) is 0 Å². The van der Waals surface area contributed by atoms with E-state index in [9.17, 15) is 4.79 Å². The molecule has 0 saturated carbocycles. The summed E-state index contributed by atoms with van der Waals surface area (Å²) < 4.78 is 5.71. The lowest BCUT2D eigenvalue weighted by atomic mass is 9.89. The number of hydrogen-bond acceptors (Lipinski definition) is 2. The highest BCUT2D eigenvalue weighted by Crippen LogP contribution is 2.26. The largest absolute Gasteiger partial charge is 0.484 e. The minimum absolute atomic E-state index is 0.0393. The van der Waals surface area contributed by atoms with Gasteiger partial charge in [-0.25, -0.2) is 0 Å². The van der Waals surface area contributed by atoms with Crippen molar-refractivity contribution in [1.82, 2.24) is 5.32 Å². The second-order valence-electron chi connectivity index (χ2n) is 7.32. The molecule has 0 bridgehead atoms. The van der Waals surface area contributed by atoms with Gasteiger partial charge in [-0.1, -0.05) is 42.8 Å². The van der Waals surface area contributed by atoms with Crippen molar-refractivity contribution in [2.24, 2.45) is 0 Å². The lowest BCUT2D eigenvalue weighted by Crippen LogP contribution is -2.32. The topological polar surface area (TPSA) is 38.3 Å². The molecule has 1 N–H and O–H groups in total. The van der Waals surface area contributed by atoms with Crippen LogP contribution in [0.15, 0.2) is 36.4 Å². The quantitative estimate of drug-likeness (QED) is 0.809. The summed E-state index contributed by atoms with van der Waals surface area (Å²) in [6.07, 6.45) is 5.76. The summed E-state index contributed by atoms with van der Waals surface area (Å²) in [6.45, 7) is 6.21. The molecule has 0 spiro atoms. The van der Waals surface area contributed by atoms with Gasteiger partial charge >= 0.3 is 0 Å². The molecule has 26 heavy (non-hydrogen) atoms. The molecule has 1 atom stereocenters. The molecule has 0 saturated heterocycles. The Bertz CT molecular complexity index is 782. The van der Waals surface area contributed by atoms with E-state index in [0.717, 1.165) is 24.2 Å². The van der Waals surface area contributed by atoms with Gasteiger partial charge in [-0.3, -0.25) is 4.79 Å². The van der Waals surface area contributed by atoms with E-state index >= 15 is 0 Å². The highest BCUT2D eigenvalue weighted by molar-refractivity contribution is 5.78. The second-order valence-corrected chi connectivity index (χ2v) is 7.32. The molecule has 0 aliphatic heterocycles. The van der Waals surface area contributed by atoms with Crippen LogP contribution < -0.4 is 10.1 Å². The van der Waals surface area contributed by atoms with Crippen LogP contribution in [0.4, 0.5) is 0 Å². The molecule has 138 valence electrons. The summed E-state index contributed by atoms with van der Waals surface area (Å²) in [4.78, 5) is 12.4. The number of hydrogen-bond donors (Lipinski definition) is 1. The summed E-state index contributed by atoms with van der Waals surface area (Å²) in [7, 11) is 0. The number of benzene rings is 2. The standard InChI is InChI=1S/C23H29NO2/c1-4-21(20-11-10-18-7-5-6-8-19(18)14-20)24-23(25)15-26-22-12-9-16(2)13-17(22)3/h9-14,21H,4-8,15H2,1-3H3,(H,24,25)/t21-/m0/s1. The van der Waals surface area contributed by atoms with Crippen molar-refractivity contribution in [1.29, 1.82) is 0 Å². The van der Waals surface area contributed by atoms with E-state index in [2.05, 4.69) is 36.5 Å². The maximum absolute atomic E-state index is 12.4. The van der Waals surface area contributed by atoms with E-state index in [1.54, 1.807) is 0 Å². The Labute approximate surface area is 156 Å². The van der Waals surface area contributed by atoms with Gasteiger partial charge in [0.25, 0.3) is 5.91 Å². The summed E-state index contributed by atoms with van der Waals surface area (Å²) in [5.41, 5.74) is 6.37. The van der Waals surface area contributed by atoms with Crippen molar-refractivity contribution in [3.8, 4) is 5.75 Å². The van der Waals surface area contributed by atoms with Crippen LogP contribution in [0.1, 0.15) is 60.0 Å². The van der Waals surface area contributed by atoms with Crippen LogP contribution in [0.5, 0.6) is 5.75 Å². The molecule has 1 aliphatic rings. The number of nitrogens with one attached hydrogen (secondary N) is 1. The van der Waals surface area contributed by atoms with Gasteiger partial charge in [-0.05, 0) is 74.3 Å². The highest BCUT2D eigenvalue weighted by Gasteiger charge is 2.16. The molecular formula is C23H29NO2. The van der Waals surface area contributed by atoms with Gasteiger partial charge in [0.1, 0.15) is 5.75 Å². The maximum atomic E-state index is 12.4. The van der Waals surface area contributed by atoms with Crippen LogP contribution in [0.2, 0.25) is 0 Å². The summed E-state index contributed by atoms with van der Waals surface area (Å²) in [5, 5.41) is 3.13. The van der Waals surface area contributed by atoms with Crippen LogP contribution in [0.25, 0.3) is 0 Å². The third kappa shape index (κ3) is 4.46. The average molecular weight is 351 g/mol. The van der Waals surface area contributed by atoms with Crippen molar-refractivity contribution in [2.75, 3.05) is 6.61 Å². The Kier molecular flexibility index (Phi) is 5.97. The van der Waals surface area contributed by atoms with E-state index in [1.807, 2.05) is 26.0 Å². The fourth-order valence-electron chi connectivity index (χ4n) is 3.73.